The number of alkyl halides is 1. The quantitative estimate of drug-likeness (QED) is 0.627. The molecule has 1 atom stereocenters. The van der Waals surface area contributed by atoms with Crippen molar-refractivity contribution >= 4 is 23.2 Å². The molecular weight excluding hydrogens is 190 g/mol. The van der Waals surface area contributed by atoms with Gasteiger partial charge in [0.15, 0.2) is 0 Å². The van der Waals surface area contributed by atoms with Crippen molar-refractivity contribution < 1.29 is 4.79 Å². The minimum absolute atomic E-state index is 0.0623. The van der Waals surface area contributed by atoms with E-state index < -0.39 is 0 Å². The van der Waals surface area contributed by atoms with Crippen LogP contribution in [-0.4, -0.2) is 27.6 Å². The van der Waals surface area contributed by atoms with Crippen molar-refractivity contribution in [3.63, 3.8) is 0 Å². The standard InChI is InChI=1S/C8H10ClN3O/c1-11-5-7(3-10-11)12-4-6(9)2-8(12)13/h3,5-6H,2,4H2,1H3. The summed E-state index contributed by atoms with van der Waals surface area (Å²) in [5.41, 5.74) is 0.829. The maximum Gasteiger partial charge on any atom is 0.228 e. The van der Waals surface area contributed by atoms with Crippen molar-refractivity contribution in [3.8, 4) is 0 Å². The van der Waals surface area contributed by atoms with Crippen LogP contribution in [0.5, 0.6) is 0 Å². The molecule has 0 bridgehead atoms. The van der Waals surface area contributed by atoms with Crippen LogP contribution in [0.3, 0.4) is 0 Å². The average molecular weight is 200 g/mol. The Balaban J connectivity index is 2.22. The number of carbonyl (C=O) groups is 1. The smallest absolute Gasteiger partial charge is 0.228 e. The van der Waals surface area contributed by atoms with Crippen molar-refractivity contribution in [2.75, 3.05) is 11.4 Å². The summed E-state index contributed by atoms with van der Waals surface area (Å²) in [7, 11) is 1.82. The number of aromatic nitrogens is 2. The number of anilines is 1. The second-order valence-corrected chi connectivity index (χ2v) is 3.80. The third-order valence-electron chi connectivity index (χ3n) is 2.08. The van der Waals surface area contributed by atoms with Crippen LogP contribution in [0.25, 0.3) is 0 Å². The summed E-state index contributed by atoms with van der Waals surface area (Å²) < 4.78 is 1.67. The lowest BCUT2D eigenvalue weighted by Crippen LogP contribution is -2.24. The fourth-order valence-corrected chi connectivity index (χ4v) is 1.73. The lowest BCUT2D eigenvalue weighted by atomic mass is 10.4. The molecule has 1 aliphatic heterocycles. The third kappa shape index (κ3) is 1.54. The zero-order valence-corrected chi connectivity index (χ0v) is 8.03. The first-order valence-corrected chi connectivity index (χ1v) is 4.53. The number of hydrogen-bond acceptors (Lipinski definition) is 2. The van der Waals surface area contributed by atoms with E-state index in [1.807, 2.05) is 13.2 Å². The SMILES string of the molecule is Cn1cc(N2CC(Cl)CC2=O)cn1. The summed E-state index contributed by atoms with van der Waals surface area (Å²) in [6, 6.07) is 0. The fraction of sp³-hybridized carbons (Fsp3) is 0.500. The van der Waals surface area contributed by atoms with Crippen LogP contribution in [0.4, 0.5) is 5.69 Å². The molecular formula is C8H10ClN3O. The minimum atomic E-state index is -0.0623. The molecule has 1 unspecified atom stereocenters. The molecule has 70 valence electrons. The number of hydrogen-bond donors (Lipinski definition) is 0. The van der Waals surface area contributed by atoms with Gasteiger partial charge in [-0.05, 0) is 0 Å². The van der Waals surface area contributed by atoms with Gasteiger partial charge in [-0.2, -0.15) is 5.10 Å². The summed E-state index contributed by atoms with van der Waals surface area (Å²) in [4.78, 5) is 13.1. The molecule has 1 aliphatic rings. The van der Waals surface area contributed by atoms with Crippen molar-refractivity contribution in [1.82, 2.24) is 9.78 Å². The maximum absolute atomic E-state index is 11.4. The predicted molar refractivity (Wildman–Crippen MR) is 49.8 cm³/mol. The first kappa shape index (κ1) is 8.56. The monoisotopic (exact) mass is 199 g/mol. The van der Waals surface area contributed by atoms with Crippen LogP contribution >= 0.6 is 11.6 Å². The molecule has 13 heavy (non-hydrogen) atoms. The second-order valence-electron chi connectivity index (χ2n) is 3.18. The zero-order valence-electron chi connectivity index (χ0n) is 7.27. The summed E-state index contributed by atoms with van der Waals surface area (Å²) >= 11 is 5.87. The van der Waals surface area contributed by atoms with E-state index in [9.17, 15) is 4.79 Å². The number of carbonyl (C=O) groups excluding carboxylic acids is 1. The molecule has 0 radical (unpaired) electrons. The van der Waals surface area contributed by atoms with E-state index in [0.717, 1.165) is 5.69 Å². The molecule has 1 saturated heterocycles. The predicted octanol–water partition coefficient (Wildman–Crippen LogP) is 0.764. The number of halogens is 1. The normalized spacial score (nSPS) is 22.8. The zero-order chi connectivity index (χ0) is 9.42. The molecule has 0 aromatic carbocycles. The van der Waals surface area contributed by atoms with Crippen molar-refractivity contribution in [2.24, 2.45) is 7.05 Å². The lowest BCUT2D eigenvalue weighted by Gasteiger charge is -2.11. The van der Waals surface area contributed by atoms with E-state index in [1.54, 1.807) is 15.8 Å². The van der Waals surface area contributed by atoms with Crippen molar-refractivity contribution in [1.29, 1.82) is 0 Å². The van der Waals surface area contributed by atoms with E-state index in [1.165, 1.54) is 0 Å². The van der Waals surface area contributed by atoms with Crippen LogP contribution in [-0.2, 0) is 11.8 Å². The summed E-state index contributed by atoms with van der Waals surface area (Å²) in [6.07, 6.45) is 3.91. The molecule has 1 amide bonds. The molecule has 0 spiro atoms. The van der Waals surface area contributed by atoms with Gasteiger partial charge in [0.2, 0.25) is 5.91 Å². The Kier molecular flexibility index (Phi) is 2.00. The summed E-state index contributed by atoms with van der Waals surface area (Å²) in [5.74, 6) is 0.0769. The topological polar surface area (TPSA) is 38.1 Å². The van der Waals surface area contributed by atoms with Gasteiger partial charge in [0.1, 0.15) is 0 Å². The van der Waals surface area contributed by atoms with Crippen molar-refractivity contribution in [3.05, 3.63) is 12.4 Å². The van der Waals surface area contributed by atoms with E-state index in [4.69, 9.17) is 11.6 Å². The molecule has 1 aromatic rings. The summed E-state index contributed by atoms with van der Waals surface area (Å²) in [5, 5.41) is 3.94. The second kappa shape index (κ2) is 3.03. The highest BCUT2D eigenvalue weighted by Gasteiger charge is 2.29. The molecule has 1 fully saturated rings. The highest BCUT2D eigenvalue weighted by molar-refractivity contribution is 6.24. The van der Waals surface area contributed by atoms with Gasteiger partial charge in [-0.25, -0.2) is 0 Å². The van der Waals surface area contributed by atoms with E-state index in [0.29, 0.717) is 13.0 Å². The van der Waals surface area contributed by atoms with Gasteiger partial charge in [0.25, 0.3) is 0 Å². The van der Waals surface area contributed by atoms with Gasteiger partial charge in [-0.3, -0.25) is 9.48 Å². The molecule has 0 aliphatic carbocycles. The largest absolute Gasteiger partial charge is 0.308 e. The molecule has 5 heteroatoms. The average Bonchev–Trinajstić information content (AvgIpc) is 2.58. The molecule has 4 nitrogen and oxygen atoms in total. The number of amides is 1. The van der Waals surface area contributed by atoms with Crippen LogP contribution in [0, 0.1) is 0 Å². The first-order valence-electron chi connectivity index (χ1n) is 4.10. The van der Waals surface area contributed by atoms with E-state index in [2.05, 4.69) is 5.10 Å². The van der Waals surface area contributed by atoms with Crippen LogP contribution in [0.1, 0.15) is 6.42 Å². The highest BCUT2D eigenvalue weighted by Crippen LogP contribution is 2.23. The molecule has 0 saturated carbocycles. The van der Waals surface area contributed by atoms with Crippen LogP contribution < -0.4 is 4.90 Å². The van der Waals surface area contributed by atoms with Gasteiger partial charge >= 0.3 is 0 Å². The van der Waals surface area contributed by atoms with Crippen LogP contribution in [0.15, 0.2) is 12.4 Å². The Morgan fingerprint density at radius 3 is 2.92 bits per heavy atom. The molecule has 2 rings (SSSR count). The summed E-state index contributed by atoms with van der Waals surface area (Å²) in [6.45, 7) is 0.589. The number of rotatable bonds is 1. The van der Waals surface area contributed by atoms with Crippen molar-refractivity contribution in [2.45, 2.75) is 11.8 Å². The first-order chi connectivity index (χ1) is 6.16. The Labute approximate surface area is 81.1 Å². The minimum Gasteiger partial charge on any atom is -0.308 e. The fourth-order valence-electron chi connectivity index (χ4n) is 1.46. The lowest BCUT2D eigenvalue weighted by molar-refractivity contribution is -0.117. The molecule has 2 heterocycles. The van der Waals surface area contributed by atoms with Gasteiger partial charge in [-0.15, -0.1) is 11.6 Å². The Bertz CT molecular complexity index is 336. The van der Waals surface area contributed by atoms with Crippen LogP contribution in [0.2, 0.25) is 0 Å². The molecule has 1 aromatic heterocycles. The van der Waals surface area contributed by atoms with Gasteiger partial charge in [0.05, 0.1) is 17.3 Å². The van der Waals surface area contributed by atoms with Gasteiger partial charge in [0, 0.05) is 26.2 Å². The van der Waals surface area contributed by atoms with Gasteiger partial charge in [-0.1, -0.05) is 0 Å². The van der Waals surface area contributed by atoms with E-state index >= 15 is 0 Å². The Morgan fingerprint density at radius 1 is 1.69 bits per heavy atom. The Morgan fingerprint density at radius 2 is 2.46 bits per heavy atom. The Hall–Kier alpha value is -1.03. The third-order valence-corrected chi connectivity index (χ3v) is 2.37. The molecule has 0 N–H and O–H groups in total. The van der Waals surface area contributed by atoms with E-state index in [-0.39, 0.29) is 11.3 Å². The number of aryl methyl sites for hydroxylation is 1. The van der Waals surface area contributed by atoms with Gasteiger partial charge < -0.3 is 4.90 Å². The maximum atomic E-state index is 11.4. The highest BCUT2D eigenvalue weighted by atomic mass is 35.5. The number of nitrogens with zero attached hydrogens (tertiary/aromatic N) is 3.